The number of methoxy groups -OCH3 is 1. The van der Waals surface area contributed by atoms with E-state index < -0.39 is 5.97 Å². The summed E-state index contributed by atoms with van der Waals surface area (Å²) in [5, 5.41) is 9.41. The monoisotopic (exact) mass is 293 g/mol. The molecule has 1 aliphatic carbocycles. The molecule has 0 unspecified atom stereocenters. The second kappa shape index (κ2) is 6.15. The largest absolute Gasteiger partial charge is 0.481 e. The van der Waals surface area contributed by atoms with Crippen LogP contribution in [-0.4, -0.2) is 52.3 Å². The zero-order chi connectivity index (χ0) is 14.8. The van der Waals surface area contributed by atoms with Crippen molar-refractivity contribution in [3.8, 4) is 0 Å². The molecule has 0 aromatic carbocycles. The topological polar surface area (TPSA) is 67.6 Å². The lowest BCUT2D eigenvalue weighted by Gasteiger charge is -2.16. The van der Waals surface area contributed by atoms with Gasteiger partial charge in [0.05, 0.1) is 19.1 Å². The van der Waals surface area contributed by atoms with Crippen molar-refractivity contribution in [1.82, 2.24) is 14.5 Å². The lowest BCUT2D eigenvalue weighted by molar-refractivity contribution is -0.142. The van der Waals surface area contributed by atoms with Crippen LogP contribution in [0.1, 0.15) is 18.7 Å². The average Bonchev–Trinajstić information content (AvgIpc) is 3.07. The summed E-state index contributed by atoms with van der Waals surface area (Å²) in [4.78, 5) is 18.1. The third-order valence-electron chi connectivity index (χ3n) is 4.69. The van der Waals surface area contributed by atoms with Gasteiger partial charge in [0.15, 0.2) is 0 Å². The maximum absolute atomic E-state index is 11.4. The summed E-state index contributed by atoms with van der Waals surface area (Å²) >= 11 is 0. The number of carboxylic acids is 1. The minimum absolute atomic E-state index is 0.208. The van der Waals surface area contributed by atoms with Gasteiger partial charge >= 0.3 is 5.97 Å². The van der Waals surface area contributed by atoms with Crippen LogP contribution in [0.5, 0.6) is 0 Å². The normalized spacial score (nSPS) is 26.3. The van der Waals surface area contributed by atoms with Crippen molar-refractivity contribution in [3.63, 3.8) is 0 Å². The fourth-order valence-electron chi connectivity index (χ4n) is 3.39. The van der Waals surface area contributed by atoms with Gasteiger partial charge in [0.1, 0.15) is 5.82 Å². The van der Waals surface area contributed by atoms with Gasteiger partial charge < -0.3 is 14.4 Å². The molecular weight excluding hydrogens is 270 g/mol. The molecule has 21 heavy (non-hydrogen) atoms. The molecule has 3 rings (SSSR count). The van der Waals surface area contributed by atoms with E-state index in [-0.39, 0.29) is 5.92 Å². The summed E-state index contributed by atoms with van der Waals surface area (Å²) in [5.41, 5.74) is 0. The van der Waals surface area contributed by atoms with E-state index in [1.807, 2.05) is 6.20 Å². The fourth-order valence-corrected chi connectivity index (χ4v) is 3.39. The van der Waals surface area contributed by atoms with Crippen molar-refractivity contribution >= 4 is 5.97 Å². The third kappa shape index (κ3) is 3.27. The van der Waals surface area contributed by atoms with Crippen LogP contribution in [0.15, 0.2) is 12.4 Å². The number of likely N-dealkylation sites (tertiary alicyclic amines) is 1. The average molecular weight is 293 g/mol. The van der Waals surface area contributed by atoms with Crippen LogP contribution in [0, 0.1) is 17.8 Å². The molecule has 2 atom stereocenters. The predicted molar refractivity (Wildman–Crippen MR) is 76.7 cm³/mol. The molecule has 0 spiro atoms. The summed E-state index contributed by atoms with van der Waals surface area (Å²) in [5.74, 6) is 1.10. The Morgan fingerprint density at radius 2 is 2.29 bits per heavy atom. The lowest BCUT2D eigenvalue weighted by atomic mass is 9.92. The molecule has 1 aromatic rings. The maximum Gasteiger partial charge on any atom is 0.308 e. The van der Waals surface area contributed by atoms with Gasteiger partial charge in [-0.15, -0.1) is 0 Å². The highest BCUT2D eigenvalue weighted by Crippen LogP contribution is 2.44. The number of aliphatic carboxylic acids is 1. The van der Waals surface area contributed by atoms with Gasteiger partial charge in [-0.1, -0.05) is 0 Å². The second-order valence-corrected chi connectivity index (χ2v) is 6.17. The number of carboxylic acid groups (broad SMARTS) is 1. The van der Waals surface area contributed by atoms with Crippen LogP contribution >= 0.6 is 0 Å². The van der Waals surface area contributed by atoms with E-state index in [1.165, 1.54) is 12.8 Å². The first-order chi connectivity index (χ1) is 10.2. The van der Waals surface area contributed by atoms with Crippen LogP contribution in [-0.2, 0) is 22.6 Å². The Hall–Kier alpha value is -1.40. The van der Waals surface area contributed by atoms with Gasteiger partial charge in [0.2, 0.25) is 0 Å². The van der Waals surface area contributed by atoms with E-state index in [4.69, 9.17) is 4.74 Å². The molecule has 1 saturated heterocycles. The van der Waals surface area contributed by atoms with Crippen LogP contribution < -0.4 is 0 Å². The highest BCUT2D eigenvalue weighted by molar-refractivity contribution is 5.71. The molecule has 1 aromatic heterocycles. The predicted octanol–water partition coefficient (Wildman–Crippen LogP) is 1.07. The molecule has 0 radical (unpaired) electrons. The van der Waals surface area contributed by atoms with E-state index in [9.17, 15) is 9.90 Å². The van der Waals surface area contributed by atoms with E-state index in [0.717, 1.165) is 25.5 Å². The molecule has 116 valence electrons. The number of ether oxygens (including phenoxy) is 1. The van der Waals surface area contributed by atoms with E-state index >= 15 is 0 Å². The quantitative estimate of drug-likeness (QED) is 0.814. The SMILES string of the molecule is COCCn1ccnc1CN1C[C@H](C(=O)O)[C@@H](C2CC2)C1. The number of carbonyl (C=O) groups is 1. The van der Waals surface area contributed by atoms with E-state index in [0.29, 0.717) is 25.0 Å². The first-order valence-electron chi connectivity index (χ1n) is 7.63. The summed E-state index contributed by atoms with van der Waals surface area (Å²) < 4.78 is 7.19. The van der Waals surface area contributed by atoms with Gasteiger partial charge in [-0.3, -0.25) is 9.69 Å². The van der Waals surface area contributed by atoms with Crippen LogP contribution in [0.4, 0.5) is 0 Å². The summed E-state index contributed by atoms with van der Waals surface area (Å²) in [6.07, 6.45) is 6.15. The van der Waals surface area contributed by atoms with E-state index in [2.05, 4.69) is 14.5 Å². The Bertz CT molecular complexity index is 498. The van der Waals surface area contributed by atoms with Crippen molar-refractivity contribution in [1.29, 1.82) is 0 Å². The molecule has 2 aliphatic rings. The third-order valence-corrected chi connectivity index (χ3v) is 4.69. The maximum atomic E-state index is 11.4. The van der Waals surface area contributed by atoms with Crippen LogP contribution in [0.2, 0.25) is 0 Å². The number of hydrogen-bond acceptors (Lipinski definition) is 4. The minimum Gasteiger partial charge on any atom is -0.481 e. The fraction of sp³-hybridized carbons (Fsp3) is 0.733. The molecule has 1 aliphatic heterocycles. The first kappa shape index (κ1) is 14.5. The Labute approximate surface area is 124 Å². The van der Waals surface area contributed by atoms with Gasteiger partial charge in [0, 0.05) is 39.1 Å². The zero-order valence-corrected chi connectivity index (χ0v) is 12.4. The molecular formula is C15H23N3O3. The van der Waals surface area contributed by atoms with Crippen LogP contribution in [0.3, 0.4) is 0 Å². The Balaban J connectivity index is 1.63. The molecule has 1 N–H and O–H groups in total. The number of nitrogens with zero attached hydrogens (tertiary/aromatic N) is 3. The molecule has 2 heterocycles. The molecule has 2 fully saturated rings. The highest BCUT2D eigenvalue weighted by Gasteiger charge is 2.45. The number of hydrogen-bond donors (Lipinski definition) is 1. The summed E-state index contributed by atoms with van der Waals surface area (Å²) in [6.45, 7) is 3.70. The minimum atomic E-state index is -0.642. The van der Waals surface area contributed by atoms with Crippen LogP contribution in [0.25, 0.3) is 0 Å². The van der Waals surface area contributed by atoms with Gasteiger partial charge in [-0.05, 0) is 24.7 Å². The molecule has 6 nitrogen and oxygen atoms in total. The first-order valence-corrected chi connectivity index (χ1v) is 7.63. The number of rotatable bonds is 7. The van der Waals surface area contributed by atoms with Crippen molar-refractivity contribution in [2.24, 2.45) is 17.8 Å². The van der Waals surface area contributed by atoms with Gasteiger partial charge in [-0.25, -0.2) is 4.98 Å². The molecule has 1 saturated carbocycles. The Morgan fingerprint density at radius 1 is 1.48 bits per heavy atom. The zero-order valence-electron chi connectivity index (χ0n) is 12.4. The lowest BCUT2D eigenvalue weighted by Crippen LogP contribution is -2.25. The van der Waals surface area contributed by atoms with E-state index in [1.54, 1.807) is 13.3 Å². The van der Waals surface area contributed by atoms with Gasteiger partial charge in [0.25, 0.3) is 0 Å². The standard InChI is InChI=1S/C15H23N3O3/c1-21-7-6-18-5-4-16-14(18)10-17-8-12(11-2-3-11)13(9-17)15(19)20/h4-5,11-13H,2-3,6-10H2,1H3,(H,19,20)/t12-,13+/m1/s1. The highest BCUT2D eigenvalue weighted by atomic mass is 16.5. The van der Waals surface area contributed by atoms with Gasteiger partial charge in [-0.2, -0.15) is 0 Å². The summed E-state index contributed by atoms with van der Waals surface area (Å²) in [6, 6.07) is 0. The van der Waals surface area contributed by atoms with Crippen molar-refractivity contribution in [2.45, 2.75) is 25.9 Å². The smallest absolute Gasteiger partial charge is 0.308 e. The van der Waals surface area contributed by atoms with Crippen molar-refractivity contribution in [3.05, 3.63) is 18.2 Å². The molecule has 0 amide bonds. The summed E-state index contributed by atoms with van der Waals surface area (Å²) in [7, 11) is 1.69. The molecule has 6 heteroatoms. The number of aromatic nitrogens is 2. The van der Waals surface area contributed by atoms with Crippen molar-refractivity contribution < 1.29 is 14.6 Å². The molecule has 0 bridgehead atoms. The Kier molecular flexibility index (Phi) is 4.26. The van der Waals surface area contributed by atoms with Crippen molar-refractivity contribution in [2.75, 3.05) is 26.8 Å². The Morgan fingerprint density at radius 3 is 2.95 bits per heavy atom. The second-order valence-electron chi connectivity index (χ2n) is 6.17. The number of imidazole rings is 1.